The molecule has 0 aromatic rings. The smallest absolute Gasteiger partial charge is 0.370 e. The average molecular weight is 281 g/mol. The summed E-state index contributed by atoms with van der Waals surface area (Å²) < 4.78 is 41.2. The Balaban J connectivity index is 2.40. The topological polar surface area (TPSA) is 21.3 Å². The SMILES string of the molecule is CCCNC(COCC(F)(F)F)C1CCCCCC1. The third-order valence-corrected chi connectivity index (χ3v) is 3.69. The molecule has 1 N–H and O–H groups in total. The van der Waals surface area contributed by atoms with Crippen LogP contribution in [0.15, 0.2) is 0 Å². The summed E-state index contributed by atoms with van der Waals surface area (Å²) in [7, 11) is 0. The predicted octanol–water partition coefficient (Wildman–Crippen LogP) is 3.90. The van der Waals surface area contributed by atoms with Gasteiger partial charge < -0.3 is 10.1 Å². The van der Waals surface area contributed by atoms with E-state index >= 15 is 0 Å². The summed E-state index contributed by atoms with van der Waals surface area (Å²) in [6.07, 6.45) is 3.86. The van der Waals surface area contributed by atoms with E-state index in [0.717, 1.165) is 25.8 Å². The highest BCUT2D eigenvalue weighted by Gasteiger charge is 2.29. The lowest BCUT2D eigenvalue weighted by Crippen LogP contribution is -2.41. The first-order valence-electron chi connectivity index (χ1n) is 7.41. The first-order chi connectivity index (χ1) is 9.03. The minimum atomic E-state index is -4.22. The maximum atomic E-state index is 12.1. The van der Waals surface area contributed by atoms with Crippen molar-refractivity contribution in [3.8, 4) is 0 Å². The lowest BCUT2D eigenvalue weighted by molar-refractivity contribution is -0.176. The molecule has 2 nitrogen and oxygen atoms in total. The van der Waals surface area contributed by atoms with E-state index in [1.165, 1.54) is 25.7 Å². The van der Waals surface area contributed by atoms with Crippen LogP contribution in [0, 0.1) is 5.92 Å². The van der Waals surface area contributed by atoms with Crippen LogP contribution in [0.25, 0.3) is 0 Å². The van der Waals surface area contributed by atoms with E-state index in [1.807, 2.05) is 0 Å². The van der Waals surface area contributed by atoms with Crippen LogP contribution in [0.2, 0.25) is 0 Å². The first kappa shape index (κ1) is 16.8. The molecule has 0 saturated heterocycles. The molecule has 0 spiro atoms. The number of rotatable bonds is 7. The molecule has 1 rings (SSSR count). The molecule has 1 unspecified atom stereocenters. The number of halogens is 3. The molecular weight excluding hydrogens is 255 g/mol. The van der Waals surface area contributed by atoms with Crippen molar-refractivity contribution in [1.82, 2.24) is 5.32 Å². The fourth-order valence-electron chi connectivity index (χ4n) is 2.71. The molecule has 0 radical (unpaired) electrons. The van der Waals surface area contributed by atoms with Crippen molar-refractivity contribution in [3.63, 3.8) is 0 Å². The molecule has 1 aliphatic carbocycles. The number of hydrogen-bond donors (Lipinski definition) is 1. The number of hydrogen-bond acceptors (Lipinski definition) is 2. The van der Waals surface area contributed by atoms with Gasteiger partial charge in [0.25, 0.3) is 0 Å². The molecule has 1 fully saturated rings. The van der Waals surface area contributed by atoms with E-state index in [2.05, 4.69) is 12.2 Å². The van der Waals surface area contributed by atoms with Gasteiger partial charge in [0, 0.05) is 6.04 Å². The van der Waals surface area contributed by atoms with Gasteiger partial charge in [-0.2, -0.15) is 13.2 Å². The lowest BCUT2D eigenvalue weighted by Gasteiger charge is -2.27. The molecule has 0 aromatic carbocycles. The zero-order chi connectivity index (χ0) is 14.1. The Morgan fingerprint density at radius 1 is 1.16 bits per heavy atom. The Morgan fingerprint density at radius 3 is 2.32 bits per heavy atom. The Morgan fingerprint density at radius 2 is 1.79 bits per heavy atom. The molecule has 0 aliphatic heterocycles. The van der Waals surface area contributed by atoms with E-state index < -0.39 is 12.8 Å². The minimum Gasteiger partial charge on any atom is -0.370 e. The summed E-state index contributed by atoms with van der Waals surface area (Å²) in [6, 6.07) is 0.0698. The van der Waals surface area contributed by atoms with Crippen LogP contribution >= 0.6 is 0 Å². The van der Waals surface area contributed by atoms with Crippen molar-refractivity contribution < 1.29 is 17.9 Å². The second-order valence-corrected chi connectivity index (χ2v) is 5.44. The highest BCUT2D eigenvalue weighted by Crippen LogP contribution is 2.26. The normalized spacial score (nSPS) is 20.2. The van der Waals surface area contributed by atoms with E-state index in [1.54, 1.807) is 0 Å². The van der Waals surface area contributed by atoms with E-state index in [4.69, 9.17) is 4.74 Å². The van der Waals surface area contributed by atoms with Gasteiger partial charge in [-0.15, -0.1) is 0 Å². The molecule has 0 bridgehead atoms. The molecule has 5 heteroatoms. The Labute approximate surface area is 114 Å². The number of ether oxygens (including phenoxy) is 1. The van der Waals surface area contributed by atoms with Crippen molar-refractivity contribution in [1.29, 1.82) is 0 Å². The van der Waals surface area contributed by atoms with Crippen LogP contribution in [0.1, 0.15) is 51.9 Å². The summed E-state index contributed by atoms with van der Waals surface area (Å²) >= 11 is 0. The number of alkyl halides is 3. The fraction of sp³-hybridized carbons (Fsp3) is 1.00. The monoisotopic (exact) mass is 281 g/mol. The molecule has 19 heavy (non-hydrogen) atoms. The van der Waals surface area contributed by atoms with E-state index in [0.29, 0.717) is 5.92 Å². The van der Waals surface area contributed by atoms with Crippen molar-refractivity contribution in [2.75, 3.05) is 19.8 Å². The largest absolute Gasteiger partial charge is 0.411 e. The van der Waals surface area contributed by atoms with Crippen molar-refractivity contribution in [3.05, 3.63) is 0 Å². The van der Waals surface area contributed by atoms with Crippen LogP contribution in [0.3, 0.4) is 0 Å². The lowest BCUT2D eigenvalue weighted by atomic mass is 9.92. The minimum absolute atomic E-state index is 0.0698. The second-order valence-electron chi connectivity index (χ2n) is 5.44. The third-order valence-electron chi connectivity index (χ3n) is 3.69. The van der Waals surface area contributed by atoms with Crippen LogP contribution in [0.4, 0.5) is 13.2 Å². The summed E-state index contributed by atoms with van der Waals surface area (Å²) in [5.41, 5.74) is 0. The van der Waals surface area contributed by atoms with Crippen LogP contribution in [-0.2, 0) is 4.74 Å². The Hall–Kier alpha value is -0.290. The van der Waals surface area contributed by atoms with Crippen molar-refractivity contribution in [2.45, 2.75) is 64.1 Å². The van der Waals surface area contributed by atoms with Crippen LogP contribution in [0.5, 0.6) is 0 Å². The Bertz CT molecular complexity index is 225. The summed E-state index contributed by atoms with van der Waals surface area (Å²) in [4.78, 5) is 0. The van der Waals surface area contributed by atoms with Gasteiger partial charge in [-0.05, 0) is 31.7 Å². The predicted molar refractivity (Wildman–Crippen MR) is 70.1 cm³/mol. The van der Waals surface area contributed by atoms with Crippen LogP contribution in [-0.4, -0.2) is 32.0 Å². The highest BCUT2D eigenvalue weighted by molar-refractivity contribution is 4.78. The molecule has 0 amide bonds. The summed E-state index contributed by atoms with van der Waals surface area (Å²) in [5, 5.41) is 3.36. The maximum absolute atomic E-state index is 12.1. The molecule has 114 valence electrons. The first-order valence-corrected chi connectivity index (χ1v) is 7.41. The van der Waals surface area contributed by atoms with Crippen molar-refractivity contribution >= 4 is 0 Å². The van der Waals surface area contributed by atoms with Crippen LogP contribution < -0.4 is 5.32 Å². The van der Waals surface area contributed by atoms with Gasteiger partial charge in [0.2, 0.25) is 0 Å². The molecule has 0 aromatic heterocycles. The van der Waals surface area contributed by atoms with E-state index in [-0.39, 0.29) is 12.6 Å². The van der Waals surface area contributed by atoms with Gasteiger partial charge in [0.15, 0.2) is 0 Å². The third kappa shape index (κ3) is 7.78. The summed E-state index contributed by atoms with van der Waals surface area (Å²) in [6.45, 7) is 1.94. The van der Waals surface area contributed by atoms with Crippen molar-refractivity contribution in [2.24, 2.45) is 5.92 Å². The van der Waals surface area contributed by atoms with E-state index in [9.17, 15) is 13.2 Å². The zero-order valence-electron chi connectivity index (χ0n) is 11.8. The van der Waals surface area contributed by atoms with Gasteiger partial charge >= 0.3 is 6.18 Å². The molecule has 1 atom stereocenters. The standard InChI is InChI=1S/C14H26F3NO/c1-2-9-18-13(10-19-11-14(15,16)17)12-7-5-3-4-6-8-12/h12-13,18H,2-11H2,1H3. The molecule has 1 saturated carbocycles. The fourth-order valence-corrected chi connectivity index (χ4v) is 2.71. The average Bonchev–Trinajstić information content (AvgIpc) is 2.61. The second kappa shape index (κ2) is 8.80. The molecule has 1 aliphatic rings. The van der Waals surface area contributed by atoms with Gasteiger partial charge in [-0.25, -0.2) is 0 Å². The van der Waals surface area contributed by atoms with Gasteiger partial charge in [-0.1, -0.05) is 32.6 Å². The summed E-state index contributed by atoms with van der Waals surface area (Å²) in [5.74, 6) is 0.460. The highest BCUT2D eigenvalue weighted by atomic mass is 19.4. The Kier molecular flexibility index (Phi) is 7.76. The molecule has 0 heterocycles. The van der Waals surface area contributed by atoms with Gasteiger partial charge in [-0.3, -0.25) is 0 Å². The van der Waals surface area contributed by atoms with Gasteiger partial charge in [0.1, 0.15) is 6.61 Å². The zero-order valence-corrected chi connectivity index (χ0v) is 11.8. The van der Waals surface area contributed by atoms with Gasteiger partial charge in [0.05, 0.1) is 6.61 Å². The quantitative estimate of drug-likeness (QED) is 0.714. The maximum Gasteiger partial charge on any atom is 0.411 e. The number of nitrogens with one attached hydrogen (secondary N) is 1. The molecular formula is C14H26F3NO.